The second-order valence-corrected chi connectivity index (χ2v) is 4.51. The molecule has 14 heavy (non-hydrogen) atoms. The minimum absolute atomic E-state index is 0.309. The van der Waals surface area contributed by atoms with Crippen molar-refractivity contribution in [3.63, 3.8) is 0 Å². The van der Waals surface area contributed by atoms with E-state index in [-0.39, 0.29) is 0 Å². The first-order valence-electron chi connectivity index (χ1n) is 5.15. The summed E-state index contributed by atoms with van der Waals surface area (Å²) in [6, 6.07) is 3.03. The van der Waals surface area contributed by atoms with Crippen molar-refractivity contribution in [3.05, 3.63) is 23.5 Å². The van der Waals surface area contributed by atoms with Gasteiger partial charge in [-0.15, -0.1) is 0 Å². The van der Waals surface area contributed by atoms with E-state index in [4.69, 9.17) is 5.73 Å². The van der Waals surface area contributed by atoms with Crippen LogP contribution in [0.1, 0.15) is 23.7 Å². The molecule has 0 radical (unpaired) electrons. The summed E-state index contributed by atoms with van der Waals surface area (Å²) in [6.07, 6.45) is 4.23. The van der Waals surface area contributed by atoms with Crippen molar-refractivity contribution in [3.8, 4) is 0 Å². The second kappa shape index (κ2) is 3.41. The van der Waals surface area contributed by atoms with Crippen molar-refractivity contribution in [2.75, 3.05) is 14.1 Å². The molecule has 2 rings (SSSR count). The van der Waals surface area contributed by atoms with E-state index in [2.05, 4.69) is 42.9 Å². The van der Waals surface area contributed by atoms with Crippen molar-refractivity contribution < 1.29 is 0 Å². The number of aromatic nitrogens is 1. The van der Waals surface area contributed by atoms with Gasteiger partial charge in [-0.2, -0.15) is 0 Å². The number of nitrogens with two attached hydrogens (primary N) is 1. The summed E-state index contributed by atoms with van der Waals surface area (Å²) in [5.74, 6) is 0. The van der Waals surface area contributed by atoms with E-state index in [0.29, 0.717) is 12.1 Å². The predicted octanol–water partition coefficient (Wildman–Crippen LogP) is 0.901. The highest BCUT2D eigenvalue weighted by Crippen LogP contribution is 2.32. The summed E-state index contributed by atoms with van der Waals surface area (Å²) in [5.41, 5.74) is 8.93. The number of aryl methyl sites for hydroxylation is 1. The summed E-state index contributed by atoms with van der Waals surface area (Å²) < 4.78 is 2.20. The Morgan fingerprint density at radius 3 is 2.86 bits per heavy atom. The van der Waals surface area contributed by atoms with Crippen LogP contribution in [0, 0.1) is 0 Å². The zero-order valence-electron chi connectivity index (χ0n) is 9.20. The zero-order valence-corrected chi connectivity index (χ0v) is 9.20. The van der Waals surface area contributed by atoms with Crippen LogP contribution < -0.4 is 5.73 Å². The largest absolute Gasteiger partial charge is 0.354 e. The minimum Gasteiger partial charge on any atom is -0.354 e. The smallest absolute Gasteiger partial charge is 0.0374 e. The van der Waals surface area contributed by atoms with Crippen LogP contribution in [0.2, 0.25) is 0 Å². The van der Waals surface area contributed by atoms with Crippen LogP contribution in [-0.4, -0.2) is 29.6 Å². The molecule has 0 fully saturated rings. The summed E-state index contributed by atoms with van der Waals surface area (Å²) >= 11 is 0. The molecule has 1 aromatic rings. The van der Waals surface area contributed by atoms with Gasteiger partial charge in [0.1, 0.15) is 0 Å². The van der Waals surface area contributed by atoms with Crippen LogP contribution in [0.4, 0.5) is 0 Å². The molecule has 0 saturated carbocycles. The third-order valence-corrected chi connectivity index (χ3v) is 3.20. The van der Waals surface area contributed by atoms with E-state index < -0.39 is 0 Å². The van der Waals surface area contributed by atoms with Gasteiger partial charge in [-0.1, -0.05) is 0 Å². The molecule has 0 saturated heterocycles. The van der Waals surface area contributed by atoms with Crippen LogP contribution >= 0.6 is 0 Å². The molecule has 2 unspecified atom stereocenters. The highest BCUT2D eigenvalue weighted by atomic mass is 15.1. The third kappa shape index (κ3) is 1.47. The fourth-order valence-corrected chi connectivity index (χ4v) is 2.38. The van der Waals surface area contributed by atoms with E-state index >= 15 is 0 Å². The highest BCUT2D eigenvalue weighted by molar-refractivity contribution is 5.29. The van der Waals surface area contributed by atoms with Gasteiger partial charge in [-0.3, -0.25) is 0 Å². The van der Waals surface area contributed by atoms with Gasteiger partial charge in [0.2, 0.25) is 0 Å². The molecule has 78 valence electrons. The van der Waals surface area contributed by atoms with Gasteiger partial charge in [-0.05, 0) is 32.1 Å². The average Bonchev–Trinajstić information content (AvgIpc) is 2.47. The molecule has 0 spiro atoms. The van der Waals surface area contributed by atoms with Gasteiger partial charge in [0.25, 0.3) is 0 Å². The van der Waals surface area contributed by atoms with Gasteiger partial charge >= 0.3 is 0 Å². The molecular weight excluding hydrogens is 174 g/mol. The maximum atomic E-state index is 6.07. The average molecular weight is 193 g/mol. The van der Waals surface area contributed by atoms with E-state index in [0.717, 1.165) is 12.8 Å². The zero-order chi connectivity index (χ0) is 10.3. The van der Waals surface area contributed by atoms with E-state index in [1.54, 1.807) is 0 Å². The molecule has 2 N–H and O–H groups in total. The molecule has 1 heterocycles. The third-order valence-electron chi connectivity index (χ3n) is 3.20. The molecule has 0 aliphatic heterocycles. The number of fused-ring (bicyclic) bond motifs is 1. The fraction of sp³-hybridized carbons (Fsp3) is 0.636. The Labute approximate surface area is 85.5 Å². The summed E-state index contributed by atoms with van der Waals surface area (Å²) in [6.45, 7) is 0. The lowest BCUT2D eigenvalue weighted by atomic mass is 9.89. The SMILES string of the molecule is CN(C)C1CC(N)Cc2c1ccn2C. The first kappa shape index (κ1) is 9.74. The van der Waals surface area contributed by atoms with E-state index in [1.165, 1.54) is 11.3 Å². The van der Waals surface area contributed by atoms with Crippen LogP contribution in [0.15, 0.2) is 12.3 Å². The van der Waals surface area contributed by atoms with Gasteiger partial charge in [0.15, 0.2) is 0 Å². The first-order valence-corrected chi connectivity index (χ1v) is 5.15. The molecule has 0 bridgehead atoms. The maximum Gasteiger partial charge on any atom is 0.0374 e. The Bertz CT molecular complexity index is 327. The van der Waals surface area contributed by atoms with Crippen molar-refractivity contribution in [2.45, 2.75) is 24.9 Å². The molecule has 1 aromatic heterocycles. The monoisotopic (exact) mass is 193 g/mol. The predicted molar refractivity (Wildman–Crippen MR) is 58.1 cm³/mol. The van der Waals surface area contributed by atoms with Gasteiger partial charge < -0.3 is 15.2 Å². The second-order valence-electron chi connectivity index (χ2n) is 4.51. The Morgan fingerprint density at radius 1 is 1.50 bits per heavy atom. The van der Waals surface area contributed by atoms with Crippen molar-refractivity contribution in [2.24, 2.45) is 12.8 Å². The first-order chi connectivity index (χ1) is 6.59. The molecule has 2 atom stereocenters. The lowest BCUT2D eigenvalue weighted by molar-refractivity contribution is 0.254. The van der Waals surface area contributed by atoms with Crippen molar-refractivity contribution >= 4 is 0 Å². The highest BCUT2D eigenvalue weighted by Gasteiger charge is 2.27. The molecule has 1 aliphatic rings. The number of nitrogens with zero attached hydrogens (tertiary/aromatic N) is 2. The Hall–Kier alpha value is -0.800. The molecule has 0 amide bonds. The summed E-state index contributed by atoms with van der Waals surface area (Å²) in [5, 5.41) is 0. The van der Waals surface area contributed by atoms with E-state index in [9.17, 15) is 0 Å². The normalized spacial score (nSPS) is 26.6. The van der Waals surface area contributed by atoms with Crippen LogP contribution in [0.3, 0.4) is 0 Å². The Kier molecular flexibility index (Phi) is 2.37. The lowest BCUT2D eigenvalue weighted by Gasteiger charge is -2.32. The van der Waals surface area contributed by atoms with Crippen molar-refractivity contribution in [1.82, 2.24) is 9.47 Å². The maximum absolute atomic E-state index is 6.07. The van der Waals surface area contributed by atoms with Crippen LogP contribution in [0.5, 0.6) is 0 Å². The molecule has 3 nitrogen and oxygen atoms in total. The topological polar surface area (TPSA) is 34.2 Å². The van der Waals surface area contributed by atoms with Crippen molar-refractivity contribution in [1.29, 1.82) is 0 Å². The summed E-state index contributed by atoms with van der Waals surface area (Å²) in [7, 11) is 6.35. The molecular formula is C11H19N3. The Morgan fingerprint density at radius 2 is 2.21 bits per heavy atom. The quantitative estimate of drug-likeness (QED) is 0.719. The molecule has 0 aromatic carbocycles. The molecule has 3 heteroatoms. The van der Waals surface area contributed by atoms with Crippen LogP contribution in [0.25, 0.3) is 0 Å². The lowest BCUT2D eigenvalue weighted by Crippen LogP contribution is -2.36. The fourth-order valence-electron chi connectivity index (χ4n) is 2.38. The van der Waals surface area contributed by atoms with Gasteiger partial charge in [-0.25, -0.2) is 0 Å². The number of hydrogen-bond donors (Lipinski definition) is 1. The number of hydrogen-bond acceptors (Lipinski definition) is 2. The van der Waals surface area contributed by atoms with Gasteiger partial charge in [0, 0.05) is 37.4 Å². The van der Waals surface area contributed by atoms with Gasteiger partial charge in [0.05, 0.1) is 0 Å². The summed E-state index contributed by atoms with van der Waals surface area (Å²) in [4.78, 5) is 2.26. The molecule has 1 aliphatic carbocycles. The van der Waals surface area contributed by atoms with Crippen LogP contribution in [-0.2, 0) is 13.5 Å². The standard InChI is InChI=1S/C11H19N3/c1-13(2)10-6-8(12)7-11-9(10)4-5-14(11)3/h4-5,8,10H,6-7,12H2,1-3H3. The minimum atomic E-state index is 0.309. The Balaban J connectivity index is 2.39. The number of rotatable bonds is 1. The van der Waals surface area contributed by atoms with E-state index in [1.807, 2.05) is 0 Å².